The summed E-state index contributed by atoms with van der Waals surface area (Å²) < 4.78 is 22.5. The molecule has 0 fully saturated rings. The largest absolute Gasteiger partial charge is 0.351 e. The van der Waals surface area contributed by atoms with Gasteiger partial charge < -0.3 is 5.32 Å². The molecule has 1 heterocycles. The number of carbonyl (C=O) groups excluding carboxylic acids is 1. The third-order valence-corrected chi connectivity index (χ3v) is 6.11. The van der Waals surface area contributed by atoms with E-state index in [4.69, 9.17) is 5.14 Å². The van der Waals surface area contributed by atoms with Gasteiger partial charge in [0.1, 0.15) is 4.21 Å². The molecule has 5 nitrogen and oxygen atoms in total. The molecule has 0 unspecified atom stereocenters. The molecule has 3 N–H and O–H groups in total. The molecule has 0 aliphatic carbocycles. The normalized spacial score (nSPS) is 11.4. The standard InChI is InChI=1S/C17H22N2O3S2/c1-2-3-4-13-5-7-14(8-6-13)11-16(20)19-12-15-9-10-17(23-15)24(18,21)22/h5-10H,2-4,11-12H2,1H3,(H,19,20)(H2,18,21,22). The summed E-state index contributed by atoms with van der Waals surface area (Å²) in [5, 5.41) is 7.86. The van der Waals surface area contributed by atoms with E-state index in [9.17, 15) is 13.2 Å². The van der Waals surface area contributed by atoms with Gasteiger partial charge >= 0.3 is 0 Å². The number of rotatable bonds is 8. The lowest BCUT2D eigenvalue weighted by Gasteiger charge is -2.05. The Bertz CT molecular complexity index is 780. The lowest BCUT2D eigenvalue weighted by Crippen LogP contribution is -2.24. The van der Waals surface area contributed by atoms with E-state index in [-0.39, 0.29) is 10.1 Å². The van der Waals surface area contributed by atoms with Gasteiger partial charge in [-0.1, -0.05) is 37.6 Å². The fourth-order valence-corrected chi connectivity index (χ4v) is 3.96. The maximum atomic E-state index is 12.0. The highest BCUT2D eigenvalue weighted by Gasteiger charge is 2.11. The van der Waals surface area contributed by atoms with Gasteiger partial charge in [0.2, 0.25) is 15.9 Å². The van der Waals surface area contributed by atoms with Crippen molar-refractivity contribution < 1.29 is 13.2 Å². The van der Waals surface area contributed by atoms with Crippen LogP contribution in [0.4, 0.5) is 0 Å². The van der Waals surface area contributed by atoms with E-state index in [1.165, 1.54) is 24.5 Å². The Kier molecular flexibility index (Phi) is 6.53. The van der Waals surface area contributed by atoms with Crippen LogP contribution in [0.3, 0.4) is 0 Å². The van der Waals surface area contributed by atoms with Gasteiger partial charge in [0.05, 0.1) is 13.0 Å². The average molecular weight is 367 g/mol. The van der Waals surface area contributed by atoms with Crippen molar-refractivity contribution in [1.82, 2.24) is 5.32 Å². The first-order valence-electron chi connectivity index (χ1n) is 7.84. The van der Waals surface area contributed by atoms with Gasteiger partial charge in [0.15, 0.2) is 0 Å². The van der Waals surface area contributed by atoms with Gasteiger partial charge in [-0.2, -0.15) is 0 Å². The number of sulfonamides is 1. The van der Waals surface area contributed by atoms with Gasteiger partial charge in [-0.25, -0.2) is 13.6 Å². The summed E-state index contributed by atoms with van der Waals surface area (Å²) in [6.07, 6.45) is 3.70. The molecule has 0 radical (unpaired) electrons. The first kappa shape index (κ1) is 18.6. The Morgan fingerprint density at radius 3 is 2.38 bits per heavy atom. The molecule has 2 rings (SSSR count). The van der Waals surface area contributed by atoms with Crippen LogP contribution in [-0.2, 0) is 34.2 Å². The summed E-state index contributed by atoms with van der Waals surface area (Å²) in [4.78, 5) is 12.7. The molecule has 0 bridgehead atoms. The number of hydrogen-bond acceptors (Lipinski definition) is 4. The predicted molar refractivity (Wildman–Crippen MR) is 96.3 cm³/mol. The lowest BCUT2D eigenvalue weighted by molar-refractivity contribution is -0.120. The second kappa shape index (κ2) is 8.41. The molecule has 2 aromatic rings. The number of unbranched alkanes of at least 4 members (excludes halogenated alkanes) is 1. The Balaban J connectivity index is 1.84. The van der Waals surface area contributed by atoms with E-state index in [2.05, 4.69) is 24.4 Å². The van der Waals surface area contributed by atoms with Crippen molar-refractivity contribution in [3.8, 4) is 0 Å². The number of hydrogen-bond donors (Lipinski definition) is 2. The zero-order valence-electron chi connectivity index (χ0n) is 13.6. The van der Waals surface area contributed by atoms with E-state index in [1.54, 1.807) is 6.07 Å². The highest BCUT2D eigenvalue weighted by atomic mass is 32.2. The molecule has 0 aliphatic rings. The van der Waals surface area contributed by atoms with Gasteiger partial charge in [0.25, 0.3) is 0 Å². The van der Waals surface area contributed by atoms with Crippen LogP contribution in [0, 0.1) is 0 Å². The number of amides is 1. The fourth-order valence-electron chi connectivity index (χ4n) is 2.24. The van der Waals surface area contributed by atoms with Crippen LogP contribution in [-0.4, -0.2) is 14.3 Å². The van der Waals surface area contributed by atoms with Gasteiger partial charge in [-0.05, 0) is 36.1 Å². The Hall–Kier alpha value is -1.70. The molecular formula is C17H22N2O3S2. The molecular weight excluding hydrogens is 344 g/mol. The summed E-state index contributed by atoms with van der Waals surface area (Å²) in [6.45, 7) is 2.46. The van der Waals surface area contributed by atoms with Crippen molar-refractivity contribution in [1.29, 1.82) is 0 Å². The summed E-state index contributed by atoms with van der Waals surface area (Å²) in [7, 11) is -3.67. The first-order valence-corrected chi connectivity index (χ1v) is 10.2. The highest BCUT2D eigenvalue weighted by molar-refractivity contribution is 7.91. The minimum atomic E-state index is -3.67. The molecule has 1 amide bonds. The Labute approximate surface area is 146 Å². The van der Waals surface area contributed by atoms with Gasteiger partial charge in [0, 0.05) is 4.88 Å². The van der Waals surface area contributed by atoms with Gasteiger partial charge in [-0.15, -0.1) is 11.3 Å². The zero-order valence-corrected chi connectivity index (χ0v) is 15.3. The van der Waals surface area contributed by atoms with Crippen LogP contribution in [0.5, 0.6) is 0 Å². The van der Waals surface area contributed by atoms with Crippen molar-refractivity contribution in [3.05, 3.63) is 52.4 Å². The number of benzene rings is 1. The summed E-state index contributed by atoms with van der Waals surface area (Å²) in [6, 6.07) is 11.2. The van der Waals surface area contributed by atoms with E-state index >= 15 is 0 Å². The first-order chi connectivity index (χ1) is 11.4. The van der Waals surface area contributed by atoms with Gasteiger partial charge in [-0.3, -0.25) is 4.79 Å². The smallest absolute Gasteiger partial charge is 0.247 e. The lowest BCUT2D eigenvalue weighted by atomic mass is 10.0. The Morgan fingerprint density at radius 1 is 1.12 bits per heavy atom. The third kappa shape index (κ3) is 5.74. The van der Waals surface area contributed by atoms with Crippen LogP contribution < -0.4 is 10.5 Å². The second-order valence-electron chi connectivity index (χ2n) is 5.64. The van der Waals surface area contributed by atoms with E-state index < -0.39 is 10.0 Å². The molecule has 0 saturated carbocycles. The molecule has 1 aromatic heterocycles. The summed E-state index contributed by atoms with van der Waals surface area (Å²) >= 11 is 1.07. The quantitative estimate of drug-likeness (QED) is 0.752. The highest BCUT2D eigenvalue weighted by Crippen LogP contribution is 2.20. The number of thiophene rings is 1. The SMILES string of the molecule is CCCCc1ccc(CC(=O)NCc2ccc(S(N)(=O)=O)s2)cc1. The molecule has 1 aromatic carbocycles. The molecule has 0 aliphatic heterocycles. The minimum Gasteiger partial charge on any atom is -0.351 e. The number of nitrogens with two attached hydrogens (primary N) is 1. The van der Waals surface area contributed by atoms with Crippen molar-refractivity contribution >= 4 is 27.3 Å². The molecule has 0 atom stereocenters. The molecule has 7 heteroatoms. The molecule has 0 spiro atoms. The minimum absolute atomic E-state index is 0.0955. The average Bonchev–Trinajstić information content (AvgIpc) is 3.01. The maximum Gasteiger partial charge on any atom is 0.247 e. The number of nitrogens with one attached hydrogen (secondary N) is 1. The summed E-state index contributed by atoms with van der Waals surface area (Å²) in [5.41, 5.74) is 2.25. The van der Waals surface area contributed by atoms with Crippen LogP contribution in [0.25, 0.3) is 0 Å². The zero-order chi connectivity index (χ0) is 17.6. The maximum absolute atomic E-state index is 12.0. The molecule has 0 saturated heterocycles. The molecule has 130 valence electrons. The van der Waals surface area contributed by atoms with E-state index in [1.807, 2.05) is 12.1 Å². The van der Waals surface area contributed by atoms with E-state index in [0.717, 1.165) is 28.2 Å². The Morgan fingerprint density at radius 2 is 1.79 bits per heavy atom. The van der Waals surface area contributed by atoms with Crippen molar-refractivity contribution in [2.45, 2.75) is 43.4 Å². The van der Waals surface area contributed by atoms with Crippen molar-refractivity contribution in [3.63, 3.8) is 0 Å². The number of aryl methyl sites for hydroxylation is 1. The fraction of sp³-hybridized carbons (Fsp3) is 0.353. The molecule has 24 heavy (non-hydrogen) atoms. The predicted octanol–water partition coefficient (Wildman–Crippen LogP) is 2.60. The van der Waals surface area contributed by atoms with Crippen LogP contribution in [0.15, 0.2) is 40.6 Å². The summed E-state index contributed by atoms with van der Waals surface area (Å²) in [5.74, 6) is -0.0955. The van der Waals surface area contributed by atoms with E-state index in [0.29, 0.717) is 13.0 Å². The topological polar surface area (TPSA) is 89.3 Å². The van der Waals surface area contributed by atoms with Crippen molar-refractivity contribution in [2.75, 3.05) is 0 Å². The van der Waals surface area contributed by atoms with Crippen LogP contribution in [0.2, 0.25) is 0 Å². The van der Waals surface area contributed by atoms with Crippen LogP contribution in [0.1, 0.15) is 35.8 Å². The second-order valence-corrected chi connectivity index (χ2v) is 8.60. The monoisotopic (exact) mass is 366 g/mol. The van der Waals surface area contributed by atoms with Crippen LogP contribution >= 0.6 is 11.3 Å². The van der Waals surface area contributed by atoms with Crippen molar-refractivity contribution in [2.24, 2.45) is 5.14 Å². The number of primary sulfonamides is 1. The number of carbonyl (C=O) groups is 1. The third-order valence-electron chi connectivity index (χ3n) is 3.58.